The standard InChI is InChI=1S/C22H26O5/c1-13-10-16(5-8-19(13)24)4-7-18(23)12-21(26)14(2)11-17-6-9-20(25)22(27)15(17)3/h4-10,14-15,22,24-25,27H,11-12H2,1-3H3/b7-4+/t14-,15?,22?/m1/s1. The number of aromatic hydroxyl groups is 1. The first kappa shape index (κ1) is 20.6. The van der Waals surface area contributed by atoms with Gasteiger partial charge in [0.25, 0.3) is 0 Å². The molecule has 3 N–H and O–H groups in total. The van der Waals surface area contributed by atoms with E-state index in [1.54, 1.807) is 51.1 Å². The number of aryl methyl sites for hydroxylation is 1. The van der Waals surface area contributed by atoms with Crippen LogP contribution in [0.25, 0.3) is 6.08 Å². The van der Waals surface area contributed by atoms with Gasteiger partial charge in [0.1, 0.15) is 23.4 Å². The van der Waals surface area contributed by atoms with Crippen molar-refractivity contribution in [1.29, 1.82) is 0 Å². The maximum Gasteiger partial charge on any atom is 0.163 e. The smallest absolute Gasteiger partial charge is 0.163 e. The van der Waals surface area contributed by atoms with E-state index in [-0.39, 0.29) is 41.3 Å². The largest absolute Gasteiger partial charge is 0.510 e. The van der Waals surface area contributed by atoms with Crippen molar-refractivity contribution in [2.75, 3.05) is 0 Å². The van der Waals surface area contributed by atoms with Crippen LogP contribution in [-0.2, 0) is 9.59 Å². The van der Waals surface area contributed by atoms with Gasteiger partial charge in [-0.05, 0) is 48.8 Å². The summed E-state index contributed by atoms with van der Waals surface area (Å²) in [6.45, 7) is 5.33. The van der Waals surface area contributed by atoms with Crippen molar-refractivity contribution in [3.05, 3.63) is 58.9 Å². The summed E-state index contributed by atoms with van der Waals surface area (Å²) in [6, 6.07) is 5.02. The molecule has 0 saturated heterocycles. The van der Waals surface area contributed by atoms with E-state index in [2.05, 4.69) is 0 Å². The summed E-state index contributed by atoms with van der Waals surface area (Å²) in [7, 11) is 0. The second kappa shape index (κ2) is 8.82. The Morgan fingerprint density at radius 3 is 2.59 bits per heavy atom. The van der Waals surface area contributed by atoms with Crippen LogP contribution >= 0.6 is 0 Å². The molecule has 5 heteroatoms. The molecule has 0 amide bonds. The number of carbonyl (C=O) groups is 2. The Bertz CT molecular complexity index is 816. The van der Waals surface area contributed by atoms with Crippen molar-refractivity contribution in [1.82, 2.24) is 0 Å². The molecule has 1 aromatic rings. The minimum Gasteiger partial charge on any atom is -0.510 e. The number of benzene rings is 1. The number of phenols is 1. The Labute approximate surface area is 159 Å². The van der Waals surface area contributed by atoms with Crippen molar-refractivity contribution < 1.29 is 24.9 Å². The Morgan fingerprint density at radius 2 is 1.93 bits per heavy atom. The lowest BCUT2D eigenvalue weighted by molar-refractivity contribution is -0.127. The van der Waals surface area contributed by atoms with E-state index in [0.29, 0.717) is 12.0 Å². The maximum absolute atomic E-state index is 12.3. The molecule has 2 unspecified atom stereocenters. The summed E-state index contributed by atoms with van der Waals surface area (Å²) < 4.78 is 0. The van der Waals surface area contributed by atoms with E-state index >= 15 is 0 Å². The molecule has 0 spiro atoms. The first-order valence-electron chi connectivity index (χ1n) is 9.00. The fraction of sp³-hybridized carbons (Fsp3) is 0.364. The molecule has 0 aliphatic heterocycles. The highest BCUT2D eigenvalue weighted by atomic mass is 16.3. The van der Waals surface area contributed by atoms with Crippen molar-refractivity contribution in [3.8, 4) is 5.75 Å². The Balaban J connectivity index is 1.92. The van der Waals surface area contributed by atoms with Gasteiger partial charge in [-0.1, -0.05) is 37.6 Å². The molecular formula is C22H26O5. The number of allylic oxidation sites excluding steroid dienone is 3. The predicted molar refractivity (Wildman–Crippen MR) is 104 cm³/mol. The number of ketones is 2. The molecule has 0 fully saturated rings. The minimum atomic E-state index is -0.953. The lowest BCUT2D eigenvalue weighted by Gasteiger charge is -2.26. The van der Waals surface area contributed by atoms with Crippen LogP contribution in [0.2, 0.25) is 0 Å². The highest BCUT2D eigenvalue weighted by molar-refractivity contribution is 6.06. The molecule has 1 aliphatic carbocycles. The third-order valence-electron chi connectivity index (χ3n) is 4.95. The molecule has 0 saturated carbocycles. The van der Waals surface area contributed by atoms with Crippen LogP contribution in [0, 0.1) is 18.8 Å². The fourth-order valence-corrected chi connectivity index (χ4v) is 3.00. The molecule has 0 radical (unpaired) electrons. The lowest BCUT2D eigenvalue weighted by Crippen LogP contribution is -2.26. The van der Waals surface area contributed by atoms with E-state index in [1.165, 1.54) is 12.2 Å². The molecule has 0 heterocycles. The summed E-state index contributed by atoms with van der Waals surface area (Å²) >= 11 is 0. The number of aliphatic hydroxyl groups excluding tert-OH is 2. The number of phenolic OH excluding ortho intramolecular Hbond substituents is 1. The number of rotatable bonds is 7. The highest BCUT2D eigenvalue weighted by Crippen LogP contribution is 2.29. The van der Waals surface area contributed by atoms with E-state index < -0.39 is 6.10 Å². The van der Waals surface area contributed by atoms with E-state index in [1.807, 2.05) is 0 Å². The normalized spacial score (nSPS) is 20.9. The lowest BCUT2D eigenvalue weighted by atomic mass is 9.83. The Kier molecular flexibility index (Phi) is 6.75. The third-order valence-corrected chi connectivity index (χ3v) is 4.95. The topological polar surface area (TPSA) is 94.8 Å². The zero-order valence-corrected chi connectivity index (χ0v) is 15.8. The number of carbonyl (C=O) groups excluding carboxylic acids is 2. The van der Waals surface area contributed by atoms with Crippen LogP contribution < -0.4 is 0 Å². The van der Waals surface area contributed by atoms with Gasteiger partial charge in [0.05, 0.1) is 6.42 Å². The molecule has 0 aromatic heterocycles. The van der Waals surface area contributed by atoms with Crippen LogP contribution in [0.15, 0.2) is 47.8 Å². The predicted octanol–water partition coefficient (Wildman–Crippen LogP) is 3.65. The number of Topliss-reactive ketones (excluding diaryl/α,β-unsaturated/α-hetero) is 1. The van der Waals surface area contributed by atoms with Crippen molar-refractivity contribution in [2.45, 2.75) is 39.7 Å². The van der Waals surface area contributed by atoms with Crippen molar-refractivity contribution in [3.63, 3.8) is 0 Å². The number of hydrogen-bond acceptors (Lipinski definition) is 5. The Hall–Kier alpha value is -2.66. The van der Waals surface area contributed by atoms with Crippen LogP contribution in [0.1, 0.15) is 37.8 Å². The average molecular weight is 370 g/mol. The molecular weight excluding hydrogens is 344 g/mol. The van der Waals surface area contributed by atoms with Gasteiger partial charge in [0.2, 0.25) is 0 Å². The monoisotopic (exact) mass is 370 g/mol. The average Bonchev–Trinajstić information content (AvgIpc) is 2.63. The second-order valence-electron chi connectivity index (χ2n) is 7.16. The fourth-order valence-electron chi connectivity index (χ4n) is 3.00. The first-order chi connectivity index (χ1) is 12.7. The minimum absolute atomic E-state index is 0.0741. The van der Waals surface area contributed by atoms with E-state index in [4.69, 9.17) is 0 Å². The van der Waals surface area contributed by atoms with Gasteiger partial charge < -0.3 is 15.3 Å². The van der Waals surface area contributed by atoms with Gasteiger partial charge in [-0.15, -0.1) is 0 Å². The summed E-state index contributed by atoms with van der Waals surface area (Å²) in [4.78, 5) is 24.4. The summed E-state index contributed by atoms with van der Waals surface area (Å²) in [5.74, 6) is -0.933. The van der Waals surface area contributed by atoms with Gasteiger partial charge in [0, 0.05) is 11.8 Å². The number of aliphatic hydroxyl groups is 2. The summed E-state index contributed by atoms with van der Waals surface area (Å²) in [5.41, 5.74) is 2.37. The third kappa shape index (κ3) is 5.41. The van der Waals surface area contributed by atoms with Gasteiger partial charge in [-0.2, -0.15) is 0 Å². The zero-order chi connectivity index (χ0) is 20.1. The van der Waals surface area contributed by atoms with E-state index in [9.17, 15) is 24.9 Å². The highest BCUT2D eigenvalue weighted by Gasteiger charge is 2.27. The molecule has 1 aromatic carbocycles. The maximum atomic E-state index is 12.3. The molecule has 5 nitrogen and oxygen atoms in total. The van der Waals surface area contributed by atoms with Crippen LogP contribution in [0.5, 0.6) is 5.75 Å². The summed E-state index contributed by atoms with van der Waals surface area (Å²) in [5, 5.41) is 29.0. The Morgan fingerprint density at radius 1 is 1.22 bits per heavy atom. The van der Waals surface area contributed by atoms with Gasteiger partial charge >= 0.3 is 0 Å². The van der Waals surface area contributed by atoms with Crippen LogP contribution in [0.3, 0.4) is 0 Å². The van der Waals surface area contributed by atoms with Crippen LogP contribution in [-0.4, -0.2) is 33.0 Å². The van der Waals surface area contributed by atoms with Gasteiger partial charge in [-0.3, -0.25) is 9.59 Å². The second-order valence-corrected chi connectivity index (χ2v) is 7.16. The molecule has 0 bridgehead atoms. The van der Waals surface area contributed by atoms with E-state index in [0.717, 1.165) is 11.1 Å². The van der Waals surface area contributed by atoms with Crippen LogP contribution in [0.4, 0.5) is 0 Å². The molecule has 2 rings (SSSR count). The number of hydrogen-bond donors (Lipinski definition) is 3. The summed E-state index contributed by atoms with van der Waals surface area (Å²) in [6.07, 6.45) is 5.49. The van der Waals surface area contributed by atoms with Gasteiger partial charge in [-0.25, -0.2) is 0 Å². The zero-order valence-electron chi connectivity index (χ0n) is 15.8. The molecule has 1 aliphatic rings. The SMILES string of the molecule is Cc1cc(/C=C/C(=O)CC(=O)[C@H](C)CC2=CC=C(O)C(O)C2C)ccc1O. The molecule has 3 atom stereocenters. The van der Waals surface area contributed by atoms with Crippen molar-refractivity contribution >= 4 is 17.6 Å². The molecule has 27 heavy (non-hydrogen) atoms. The first-order valence-corrected chi connectivity index (χ1v) is 9.00. The molecule has 144 valence electrons. The van der Waals surface area contributed by atoms with Crippen molar-refractivity contribution in [2.24, 2.45) is 11.8 Å². The van der Waals surface area contributed by atoms with Gasteiger partial charge in [0.15, 0.2) is 5.78 Å². The quantitative estimate of drug-likeness (QED) is 0.503.